The molecular formula is C22H28N2O4. The number of hydrogen-bond acceptors (Lipinski definition) is 4. The second-order valence-electron chi connectivity index (χ2n) is 9.49. The third-order valence-corrected chi connectivity index (χ3v) is 7.66. The summed E-state index contributed by atoms with van der Waals surface area (Å²) in [5, 5.41) is 19.0. The van der Waals surface area contributed by atoms with Crippen molar-refractivity contribution in [1.82, 2.24) is 9.80 Å². The Hall–Kier alpha value is -2.08. The predicted molar refractivity (Wildman–Crippen MR) is 103 cm³/mol. The summed E-state index contributed by atoms with van der Waals surface area (Å²) >= 11 is 0. The molecule has 1 heterocycles. The highest BCUT2D eigenvalue weighted by molar-refractivity contribution is 5.98. The van der Waals surface area contributed by atoms with Crippen molar-refractivity contribution in [1.29, 1.82) is 0 Å². The van der Waals surface area contributed by atoms with E-state index in [9.17, 15) is 14.7 Å². The van der Waals surface area contributed by atoms with Gasteiger partial charge in [0.15, 0.2) is 0 Å². The number of nitrogens with zero attached hydrogens (tertiary/aromatic N) is 2. The number of aromatic carboxylic acids is 1. The zero-order valence-electron chi connectivity index (χ0n) is 16.1. The van der Waals surface area contributed by atoms with Crippen LogP contribution in [0.1, 0.15) is 59.2 Å². The molecule has 2 N–H and O–H groups in total. The number of hydrogen-bond donors (Lipinski definition) is 2. The van der Waals surface area contributed by atoms with Crippen LogP contribution < -0.4 is 0 Å². The molecule has 6 nitrogen and oxygen atoms in total. The van der Waals surface area contributed by atoms with E-state index in [1.54, 1.807) is 4.90 Å². The van der Waals surface area contributed by atoms with Crippen molar-refractivity contribution in [3.8, 4) is 5.75 Å². The van der Waals surface area contributed by atoms with Crippen LogP contribution >= 0.6 is 0 Å². The highest BCUT2D eigenvalue weighted by Crippen LogP contribution is 2.57. The first kappa shape index (κ1) is 18.0. The lowest BCUT2D eigenvalue weighted by Crippen LogP contribution is -2.64. The fourth-order valence-electron chi connectivity index (χ4n) is 6.88. The van der Waals surface area contributed by atoms with Crippen LogP contribution in [0.25, 0.3) is 0 Å². The van der Waals surface area contributed by atoms with Crippen molar-refractivity contribution >= 4 is 11.9 Å². The molecule has 0 aromatic heterocycles. The maximum Gasteiger partial charge on any atom is 0.335 e. The normalized spacial score (nSPS) is 34.6. The Morgan fingerprint density at radius 3 is 1.93 bits per heavy atom. The molecule has 4 aliphatic carbocycles. The average Bonchev–Trinajstić information content (AvgIpc) is 2.66. The first-order valence-electron chi connectivity index (χ1n) is 10.5. The largest absolute Gasteiger partial charge is 0.508 e. The van der Waals surface area contributed by atoms with Crippen molar-refractivity contribution in [2.24, 2.45) is 17.8 Å². The van der Waals surface area contributed by atoms with Gasteiger partial charge in [-0.15, -0.1) is 0 Å². The van der Waals surface area contributed by atoms with Gasteiger partial charge in [-0.05, 0) is 74.5 Å². The van der Waals surface area contributed by atoms with E-state index in [-0.39, 0.29) is 22.8 Å². The Bertz CT molecular complexity index is 777. The molecule has 5 fully saturated rings. The summed E-state index contributed by atoms with van der Waals surface area (Å²) in [6, 6.07) is 3.89. The maximum atomic E-state index is 12.9. The lowest BCUT2D eigenvalue weighted by molar-refractivity contribution is -0.0987. The molecule has 0 spiro atoms. The van der Waals surface area contributed by atoms with Crippen molar-refractivity contribution in [3.63, 3.8) is 0 Å². The van der Waals surface area contributed by atoms with Gasteiger partial charge in [0.1, 0.15) is 5.75 Å². The van der Waals surface area contributed by atoms with Crippen molar-refractivity contribution in [2.45, 2.75) is 44.1 Å². The number of carboxylic acids is 1. The Morgan fingerprint density at radius 2 is 1.39 bits per heavy atom. The number of piperazine rings is 1. The Kier molecular flexibility index (Phi) is 4.16. The number of benzene rings is 1. The maximum absolute atomic E-state index is 12.9. The summed E-state index contributed by atoms with van der Waals surface area (Å²) in [6.07, 6.45) is 8.30. The van der Waals surface area contributed by atoms with E-state index >= 15 is 0 Å². The zero-order chi connectivity index (χ0) is 19.5. The molecule has 28 heavy (non-hydrogen) atoms. The van der Waals surface area contributed by atoms with Crippen LogP contribution in [0.15, 0.2) is 18.2 Å². The second-order valence-corrected chi connectivity index (χ2v) is 9.49. The smallest absolute Gasteiger partial charge is 0.335 e. The molecule has 150 valence electrons. The number of phenols is 1. The van der Waals surface area contributed by atoms with Crippen LogP contribution in [0.3, 0.4) is 0 Å². The Labute approximate surface area is 165 Å². The highest BCUT2D eigenvalue weighted by Gasteiger charge is 2.53. The minimum absolute atomic E-state index is 0.0597. The fraction of sp³-hybridized carbons (Fsp3) is 0.636. The molecule has 1 amide bonds. The SMILES string of the molecule is O=C(O)c1cc(O)cc(C(=O)N2CCN(C34CC5CC(CC(C5)C3)C4)CC2)c1. The van der Waals surface area contributed by atoms with E-state index in [1.165, 1.54) is 56.7 Å². The quantitative estimate of drug-likeness (QED) is 0.838. The van der Waals surface area contributed by atoms with E-state index in [0.717, 1.165) is 30.8 Å². The van der Waals surface area contributed by atoms with Crippen LogP contribution in [0, 0.1) is 17.8 Å². The molecule has 1 aromatic carbocycles. The number of carbonyl (C=O) groups excluding carboxylic acids is 1. The third-order valence-electron chi connectivity index (χ3n) is 7.66. The fourth-order valence-corrected chi connectivity index (χ4v) is 6.88. The van der Waals surface area contributed by atoms with Gasteiger partial charge in [-0.25, -0.2) is 4.79 Å². The first-order chi connectivity index (χ1) is 13.4. The minimum Gasteiger partial charge on any atom is -0.508 e. The second kappa shape index (κ2) is 6.48. The van der Waals surface area contributed by atoms with Gasteiger partial charge in [0.2, 0.25) is 0 Å². The molecule has 1 aromatic rings. The van der Waals surface area contributed by atoms with Crippen molar-refractivity contribution < 1.29 is 19.8 Å². The predicted octanol–water partition coefficient (Wildman–Crippen LogP) is 2.82. The summed E-state index contributed by atoms with van der Waals surface area (Å²) < 4.78 is 0. The molecule has 6 heteroatoms. The topological polar surface area (TPSA) is 81.1 Å². The Morgan fingerprint density at radius 1 is 0.857 bits per heavy atom. The highest BCUT2D eigenvalue weighted by atomic mass is 16.4. The molecule has 0 atom stereocenters. The van der Waals surface area contributed by atoms with Crippen LogP contribution in [0.4, 0.5) is 0 Å². The minimum atomic E-state index is -1.14. The third kappa shape index (κ3) is 2.98. The summed E-state index contributed by atoms with van der Waals surface area (Å²) in [7, 11) is 0. The van der Waals surface area contributed by atoms with Gasteiger partial charge in [-0.1, -0.05) is 0 Å². The number of carboxylic acid groups (broad SMARTS) is 1. The van der Waals surface area contributed by atoms with Crippen LogP contribution in [0.2, 0.25) is 0 Å². The summed E-state index contributed by atoms with van der Waals surface area (Å²) in [5.74, 6) is 1.21. The molecule has 5 aliphatic rings. The van der Waals surface area contributed by atoms with Crippen molar-refractivity contribution in [3.05, 3.63) is 29.3 Å². The van der Waals surface area contributed by atoms with Gasteiger partial charge in [-0.2, -0.15) is 0 Å². The van der Waals surface area contributed by atoms with Crippen LogP contribution in [-0.2, 0) is 0 Å². The average molecular weight is 384 g/mol. The van der Waals surface area contributed by atoms with E-state index in [1.807, 2.05) is 0 Å². The van der Waals surface area contributed by atoms with E-state index < -0.39 is 5.97 Å². The van der Waals surface area contributed by atoms with Gasteiger partial charge in [0.25, 0.3) is 5.91 Å². The first-order valence-corrected chi connectivity index (χ1v) is 10.5. The summed E-state index contributed by atoms with van der Waals surface area (Å²) in [5.41, 5.74) is 0.557. The van der Waals surface area contributed by atoms with Crippen LogP contribution in [0.5, 0.6) is 5.75 Å². The molecular weight excluding hydrogens is 356 g/mol. The molecule has 6 rings (SSSR count). The standard InChI is InChI=1S/C22H28N2O4/c25-19-9-17(8-18(10-19)21(27)28)20(26)23-1-3-24(4-2-23)22-11-14-5-15(12-22)7-16(6-14)13-22/h8-10,14-16,25H,1-7,11-13H2,(H,27,28). The van der Waals surface area contributed by atoms with E-state index in [2.05, 4.69) is 4.90 Å². The Balaban J connectivity index is 1.28. The number of aromatic hydroxyl groups is 1. The van der Waals surface area contributed by atoms with Crippen LogP contribution in [-0.4, -0.2) is 63.6 Å². The summed E-state index contributed by atoms with van der Waals surface area (Å²) in [4.78, 5) is 28.6. The summed E-state index contributed by atoms with van der Waals surface area (Å²) in [6.45, 7) is 3.11. The van der Waals surface area contributed by atoms with E-state index in [0.29, 0.717) is 18.6 Å². The molecule has 0 unspecified atom stereocenters. The van der Waals surface area contributed by atoms with Gasteiger partial charge in [-0.3, -0.25) is 9.69 Å². The van der Waals surface area contributed by atoms with Gasteiger partial charge in [0, 0.05) is 37.3 Å². The molecule has 4 bridgehead atoms. The number of amides is 1. The van der Waals surface area contributed by atoms with Gasteiger partial charge < -0.3 is 15.1 Å². The lowest BCUT2D eigenvalue weighted by atomic mass is 9.52. The molecule has 0 radical (unpaired) electrons. The van der Waals surface area contributed by atoms with E-state index in [4.69, 9.17) is 5.11 Å². The van der Waals surface area contributed by atoms with Gasteiger partial charge in [0.05, 0.1) is 5.56 Å². The molecule has 1 aliphatic heterocycles. The molecule has 1 saturated heterocycles. The molecule has 4 saturated carbocycles. The lowest BCUT2D eigenvalue weighted by Gasteiger charge is -2.61. The monoisotopic (exact) mass is 384 g/mol. The number of rotatable bonds is 3. The number of phenolic OH excluding ortho intramolecular Hbond substituents is 1. The zero-order valence-corrected chi connectivity index (χ0v) is 16.1. The van der Waals surface area contributed by atoms with Gasteiger partial charge >= 0.3 is 5.97 Å². The van der Waals surface area contributed by atoms with Crippen molar-refractivity contribution in [2.75, 3.05) is 26.2 Å². The number of carbonyl (C=O) groups is 2.